The Morgan fingerprint density at radius 1 is 1.50 bits per heavy atom. The molecule has 66 valence electrons. The van der Waals surface area contributed by atoms with Gasteiger partial charge in [-0.3, -0.25) is 0 Å². The maximum absolute atomic E-state index is 5.73. The number of hydrogen-bond donors (Lipinski definition) is 1. The topological polar surface area (TPSA) is 48.1 Å². The predicted molar refractivity (Wildman–Crippen MR) is 48.1 cm³/mol. The van der Waals surface area contributed by atoms with Crippen molar-refractivity contribution in [2.75, 3.05) is 7.11 Å². The summed E-state index contributed by atoms with van der Waals surface area (Å²) < 4.78 is 4.98. The summed E-state index contributed by atoms with van der Waals surface area (Å²) in [6.45, 7) is 3.87. The first kappa shape index (κ1) is 9.00. The van der Waals surface area contributed by atoms with E-state index in [1.807, 2.05) is 26.0 Å². The molecule has 0 fully saturated rings. The summed E-state index contributed by atoms with van der Waals surface area (Å²) in [6, 6.07) is 3.81. The van der Waals surface area contributed by atoms with E-state index in [0.29, 0.717) is 5.88 Å². The molecule has 1 heterocycles. The fourth-order valence-electron chi connectivity index (χ4n) is 1.14. The Morgan fingerprint density at radius 2 is 2.17 bits per heavy atom. The molecule has 2 N–H and O–H groups in total. The van der Waals surface area contributed by atoms with Crippen molar-refractivity contribution in [3.8, 4) is 5.88 Å². The molecule has 1 atom stereocenters. The molecule has 0 saturated carbocycles. The molecule has 0 aromatic carbocycles. The van der Waals surface area contributed by atoms with E-state index in [1.54, 1.807) is 7.11 Å². The third kappa shape index (κ3) is 1.74. The van der Waals surface area contributed by atoms with Gasteiger partial charge >= 0.3 is 0 Å². The van der Waals surface area contributed by atoms with Crippen LogP contribution in [-0.2, 0) is 0 Å². The van der Waals surface area contributed by atoms with Gasteiger partial charge in [0.05, 0.1) is 7.11 Å². The predicted octanol–water partition coefficient (Wildman–Crippen LogP) is 1.42. The van der Waals surface area contributed by atoms with Gasteiger partial charge in [0.15, 0.2) is 0 Å². The summed E-state index contributed by atoms with van der Waals surface area (Å²) in [4.78, 5) is 4.21. The third-order valence-electron chi connectivity index (χ3n) is 1.80. The van der Waals surface area contributed by atoms with E-state index < -0.39 is 0 Å². The molecular weight excluding hydrogens is 152 g/mol. The second-order valence-electron chi connectivity index (χ2n) is 2.82. The zero-order valence-electron chi connectivity index (χ0n) is 7.66. The first-order chi connectivity index (χ1) is 5.65. The Balaban J connectivity index is 3.03. The van der Waals surface area contributed by atoms with Crippen molar-refractivity contribution in [1.29, 1.82) is 0 Å². The number of hydrogen-bond acceptors (Lipinski definition) is 3. The van der Waals surface area contributed by atoms with Gasteiger partial charge in [0.2, 0.25) is 5.88 Å². The van der Waals surface area contributed by atoms with E-state index in [0.717, 1.165) is 11.3 Å². The van der Waals surface area contributed by atoms with Crippen LogP contribution in [0.1, 0.15) is 24.2 Å². The summed E-state index contributed by atoms with van der Waals surface area (Å²) in [7, 11) is 1.60. The molecule has 0 aliphatic heterocycles. The molecule has 12 heavy (non-hydrogen) atoms. The van der Waals surface area contributed by atoms with Gasteiger partial charge in [-0.15, -0.1) is 0 Å². The first-order valence-corrected chi connectivity index (χ1v) is 3.92. The lowest BCUT2D eigenvalue weighted by atomic mass is 10.1. The van der Waals surface area contributed by atoms with E-state index >= 15 is 0 Å². The highest BCUT2D eigenvalue weighted by atomic mass is 16.5. The van der Waals surface area contributed by atoms with Gasteiger partial charge in [-0.25, -0.2) is 4.98 Å². The molecule has 1 aromatic heterocycles. The quantitative estimate of drug-likeness (QED) is 0.722. The average Bonchev–Trinajstić information content (AvgIpc) is 2.03. The van der Waals surface area contributed by atoms with Crippen LogP contribution in [0.5, 0.6) is 5.88 Å². The highest BCUT2D eigenvalue weighted by molar-refractivity contribution is 5.26. The van der Waals surface area contributed by atoms with Crippen molar-refractivity contribution >= 4 is 0 Å². The summed E-state index contributed by atoms with van der Waals surface area (Å²) in [6.07, 6.45) is 0. The molecule has 0 spiro atoms. The van der Waals surface area contributed by atoms with Crippen LogP contribution in [0.3, 0.4) is 0 Å². The number of nitrogens with two attached hydrogens (primary N) is 1. The zero-order chi connectivity index (χ0) is 9.14. The SMILES string of the molecule is COc1ccc(C(C)N)c(C)n1. The molecule has 0 radical (unpaired) electrons. The minimum absolute atomic E-state index is 0.0309. The summed E-state index contributed by atoms with van der Waals surface area (Å²) in [5.41, 5.74) is 7.73. The standard InChI is InChI=1S/C9H14N2O/c1-6(10)8-4-5-9(12-3)11-7(8)2/h4-6H,10H2,1-3H3. The third-order valence-corrected chi connectivity index (χ3v) is 1.80. The van der Waals surface area contributed by atoms with Gasteiger partial charge < -0.3 is 10.5 Å². The van der Waals surface area contributed by atoms with Gasteiger partial charge in [-0.1, -0.05) is 6.07 Å². The van der Waals surface area contributed by atoms with Crippen LogP contribution >= 0.6 is 0 Å². The normalized spacial score (nSPS) is 12.7. The number of rotatable bonds is 2. The first-order valence-electron chi connectivity index (χ1n) is 3.92. The maximum Gasteiger partial charge on any atom is 0.213 e. The molecule has 0 amide bonds. The van der Waals surface area contributed by atoms with Crippen LogP contribution in [0.2, 0.25) is 0 Å². The van der Waals surface area contributed by atoms with E-state index in [4.69, 9.17) is 10.5 Å². The molecule has 1 rings (SSSR count). The Bertz CT molecular complexity index is 271. The van der Waals surface area contributed by atoms with Crippen molar-refractivity contribution in [3.05, 3.63) is 23.4 Å². The average molecular weight is 166 g/mol. The van der Waals surface area contributed by atoms with Gasteiger partial charge in [-0.05, 0) is 19.4 Å². The summed E-state index contributed by atoms with van der Waals surface area (Å²) in [5.74, 6) is 0.636. The van der Waals surface area contributed by atoms with E-state index in [1.165, 1.54) is 0 Å². The molecule has 0 aliphatic rings. The molecule has 1 unspecified atom stereocenters. The largest absolute Gasteiger partial charge is 0.481 e. The summed E-state index contributed by atoms with van der Waals surface area (Å²) in [5, 5.41) is 0. The number of ether oxygens (including phenoxy) is 1. The number of methoxy groups -OCH3 is 1. The molecule has 0 saturated heterocycles. The van der Waals surface area contributed by atoms with Crippen molar-refractivity contribution < 1.29 is 4.74 Å². The monoisotopic (exact) mass is 166 g/mol. The molecule has 1 aromatic rings. The van der Waals surface area contributed by atoms with Crippen LogP contribution in [-0.4, -0.2) is 12.1 Å². The van der Waals surface area contributed by atoms with Crippen LogP contribution < -0.4 is 10.5 Å². The van der Waals surface area contributed by atoms with Gasteiger partial charge in [0.25, 0.3) is 0 Å². The maximum atomic E-state index is 5.73. The minimum atomic E-state index is 0.0309. The van der Waals surface area contributed by atoms with Crippen molar-refractivity contribution in [3.63, 3.8) is 0 Å². The van der Waals surface area contributed by atoms with Gasteiger partial charge in [0, 0.05) is 17.8 Å². The number of aromatic nitrogens is 1. The summed E-state index contributed by atoms with van der Waals surface area (Å²) >= 11 is 0. The fourth-order valence-corrected chi connectivity index (χ4v) is 1.14. The smallest absolute Gasteiger partial charge is 0.213 e. The van der Waals surface area contributed by atoms with Crippen LogP contribution in [0, 0.1) is 6.92 Å². The minimum Gasteiger partial charge on any atom is -0.481 e. The lowest BCUT2D eigenvalue weighted by molar-refractivity contribution is 0.396. The van der Waals surface area contributed by atoms with Crippen LogP contribution in [0.25, 0.3) is 0 Å². The number of pyridine rings is 1. The molecular formula is C9H14N2O. The number of nitrogens with zero attached hydrogens (tertiary/aromatic N) is 1. The Labute approximate surface area is 72.6 Å². The lowest BCUT2D eigenvalue weighted by Gasteiger charge is -2.09. The van der Waals surface area contributed by atoms with E-state index in [-0.39, 0.29) is 6.04 Å². The highest BCUT2D eigenvalue weighted by Crippen LogP contribution is 2.16. The highest BCUT2D eigenvalue weighted by Gasteiger charge is 2.04. The molecule has 3 nitrogen and oxygen atoms in total. The van der Waals surface area contributed by atoms with Gasteiger partial charge in [0.1, 0.15) is 0 Å². The molecule has 3 heteroatoms. The van der Waals surface area contributed by atoms with Crippen molar-refractivity contribution in [2.45, 2.75) is 19.9 Å². The van der Waals surface area contributed by atoms with Gasteiger partial charge in [-0.2, -0.15) is 0 Å². The number of aryl methyl sites for hydroxylation is 1. The van der Waals surface area contributed by atoms with Crippen LogP contribution in [0.15, 0.2) is 12.1 Å². The van der Waals surface area contributed by atoms with Crippen molar-refractivity contribution in [2.24, 2.45) is 5.73 Å². The molecule has 0 aliphatic carbocycles. The second-order valence-corrected chi connectivity index (χ2v) is 2.82. The van der Waals surface area contributed by atoms with Crippen molar-refractivity contribution in [1.82, 2.24) is 4.98 Å². The zero-order valence-corrected chi connectivity index (χ0v) is 7.66. The second kappa shape index (κ2) is 3.54. The fraction of sp³-hybridized carbons (Fsp3) is 0.444. The lowest BCUT2D eigenvalue weighted by Crippen LogP contribution is -2.08. The van der Waals surface area contributed by atoms with E-state index in [9.17, 15) is 0 Å². The Morgan fingerprint density at radius 3 is 2.58 bits per heavy atom. The van der Waals surface area contributed by atoms with E-state index in [2.05, 4.69) is 4.98 Å². The Hall–Kier alpha value is -1.09. The Kier molecular flexibility index (Phi) is 2.65. The van der Waals surface area contributed by atoms with Crippen LogP contribution in [0.4, 0.5) is 0 Å². The molecule has 0 bridgehead atoms.